The molecule has 2 aliphatic rings. The van der Waals surface area contributed by atoms with Crippen molar-refractivity contribution >= 4 is 35.4 Å². The summed E-state index contributed by atoms with van der Waals surface area (Å²) in [5.41, 5.74) is -0.719. The third kappa shape index (κ3) is 4.19. The Bertz CT molecular complexity index is 963. The fraction of sp³-hybridized carbons (Fsp3) is 0.389. The van der Waals surface area contributed by atoms with Crippen LogP contribution in [0.3, 0.4) is 0 Å². The molecule has 30 heavy (non-hydrogen) atoms. The minimum absolute atomic E-state index is 0.00942. The fourth-order valence-corrected chi connectivity index (χ4v) is 5.70. The molecule has 160 valence electrons. The van der Waals surface area contributed by atoms with Crippen LogP contribution in [0.5, 0.6) is 0 Å². The van der Waals surface area contributed by atoms with Gasteiger partial charge in [-0.15, -0.1) is 0 Å². The fourth-order valence-electron chi connectivity index (χ4n) is 3.13. The number of thioether (sulfide) groups is 2. The smallest absolute Gasteiger partial charge is 0.412 e. The van der Waals surface area contributed by atoms with E-state index in [1.807, 2.05) is 24.3 Å². The molecule has 1 aromatic heterocycles. The third-order valence-electron chi connectivity index (χ3n) is 4.58. The summed E-state index contributed by atoms with van der Waals surface area (Å²) in [5.74, 6) is 0.00942. The van der Waals surface area contributed by atoms with Crippen molar-refractivity contribution in [1.82, 2.24) is 9.55 Å². The van der Waals surface area contributed by atoms with Crippen molar-refractivity contribution in [3.05, 3.63) is 47.0 Å². The predicted molar refractivity (Wildman–Crippen MR) is 108 cm³/mol. The van der Waals surface area contributed by atoms with Gasteiger partial charge in [-0.1, -0.05) is 35.7 Å². The summed E-state index contributed by atoms with van der Waals surface area (Å²) in [6, 6.07) is 9.22. The molecule has 1 amide bonds. The molecule has 0 spiro atoms. The van der Waals surface area contributed by atoms with Gasteiger partial charge in [-0.3, -0.25) is 9.88 Å². The monoisotopic (exact) mass is 453 g/mol. The Morgan fingerprint density at radius 3 is 2.60 bits per heavy atom. The van der Waals surface area contributed by atoms with Gasteiger partial charge in [-0.2, -0.15) is 4.98 Å². The molecule has 2 aliphatic heterocycles. The van der Waals surface area contributed by atoms with E-state index >= 15 is 0 Å². The number of methoxy groups -OCH3 is 1. The second-order valence-corrected chi connectivity index (χ2v) is 8.94. The van der Waals surface area contributed by atoms with Crippen LogP contribution in [0, 0.1) is 0 Å². The van der Waals surface area contributed by atoms with Crippen LogP contribution in [0.4, 0.5) is 10.6 Å². The minimum Gasteiger partial charge on any atom is -0.453 e. The van der Waals surface area contributed by atoms with Crippen molar-refractivity contribution in [1.29, 1.82) is 0 Å². The van der Waals surface area contributed by atoms with Crippen molar-refractivity contribution in [2.45, 2.75) is 39.1 Å². The second-order valence-electron chi connectivity index (χ2n) is 6.43. The molecule has 0 saturated carbocycles. The number of amides is 1. The summed E-state index contributed by atoms with van der Waals surface area (Å²) < 4.78 is 17.1. The Hall–Kier alpha value is -2.09. The molecular formula is C18H19N3O7S2. The maximum atomic E-state index is 12.5. The van der Waals surface area contributed by atoms with Crippen LogP contribution in [0.25, 0.3) is 0 Å². The second kappa shape index (κ2) is 8.96. The Kier molecular flexibility index (Phi) is 6.32. The quantitative estimate of drug-likeness (QED) is 0.607. The summed E-state index contributed by atoms with van der Waals surface area (Å²) >= 11 is 2.99. The number of benzene rings is 1. The van der Waals surface area contributed by atoms with Gasteiger partial charge in [-0.25, -0.2) is 9.59 Å². The zero-order valence-electron chi connectivity index (χ0n) is 15.7. The van der Waals surface area contributed by atoms with Crippen LogP contribution in [0.2, 0.25) is 0 Å². The molecular weight excluding hydrogens is 434 g/mol. The highest BCUT2D eigenvalue weighted by molar-refractivity contribution is 8.19. The van der Waals surface area contributed by atoms with Crippen molar-refractivity contribution in [3.63, 3.8) is 0 Å². The predicted octanol–water partition coefficient (Wildman–Crippen LogP) is 1.24. The van der Waals surface area contributed by atoms with E-state index in [-0.39, 0.29) is 10.6 Å². The number of hydrogen-bond acceptors (Lipinski definition) is 10. The van der Waals surface area contributed by atoms with Gasteiger partial charge in [0.15, 0.2) is 11.0 Å². The van der Waals surface area contributed by atoms with E-state index < -0.39 is 42.9 Å². The van der Waals surface area contributed by atoms with Crippen molar-refractivity contribution in [2.24, 2.45) is 0 Å². The standard InChI is InChI=1S/C18H19N3O7S2/c1-26-17(25)20-12-6-7-21(16(24)19-12)15-14(13(23)9(8-22)27-15)28-18-29-10-4-2-3-5-11(10)30-18/h2-7,9,13-15,18,22-23H,8H2,1H3,(H,19,20,24,25)/t9-,13-,14-,15-/m1/s1. The molecule has 2 aromatic rings. The first-order valence-corrected chi connectivity index (χ1v) is 10.7. The first-order valence-electron chi connectivity index (χ1n) is 8.96. The molecule has 1 saturated heterocycles. The lowest BCUT2D eigenvalue weighted by molar-refractivity contribution is -0.0686. The number of aliphatic hydroxyl groups excluding tert-OH is 2. The van der Waals surface area contributed by atoms with E-state index in [0.717, 1.165) is 14.4 Å². The molecule has 3 N–H and O–H groups in total. The highest BCUT2D eigenvalue weighted by atomic mass is 32.2. The van der Waals surface area contributed by atoms with Crippen molar-refractivity contribution in [2.75, 3.05) is 19.0 Å². The van der Waals surface area contributed by atoms with Crippen LogP contribution in [-0.4, -0.2) is 62.7 Å². The molecule has 0 aliphatic carbocycles. The number of nitrogens with one attached hydrogen (secondary N) is 1. The topological polar surface area (TPSA) is 132 Å². The lowest BCUT2D eigenvalue weighted by atomic mass is 10.1. The number of fused-ring (bicyclic) bond motifs is 1. The molecule has 4 rings (SSSR count). The van der Waals surface area contributed by atoms with Crippen molar-refractivity contribution < 1.29 is 29.2 Å². The maximum Gasteiger partial charge on any atom is 0.412 e. The van der Waals surface area contributed by atoms with Gasteiger partial charge in [0.2, 0.25) is 0 Å². The number of rotatable bonds is 5. The maximum absolute atomic E-state index is 12.5. The number of nitrogens with zero attached hydrogens (tertiary/aromatic N) is 2. The average molecular weight is 453 g/mol. The molecule has 3 heterocycles. The summed E-state index contributed by atoms with van der Waals surface area (Å²) in [6.45, 7) is -0.438. The number of hydrogen-bond donors (Lipinski definition) is 3. The zero-order chi connectivity index (χ0) is 21.3. The van der Waals surface area contributed by atoms with Crippen LogP contribution < -0.4 is 11.0 Å². The first-order chi connectivity index (χ1) is 14.5. The van der Waals surface area contributed by atoms with E-state index in [1.54, 1.807) is 0 Å². The molecule has 1 aromatic carbocycles. The van der Waals surface area contributed by atoms with E-state index in [1.165, 1.54) is 42.9 Å². The SMILES string of the molecule is COC(=O)Nc1ccn([C@@H]2O[C@H](CO)[C@@H](O)[C@H]2OC2Sc3ccccc3S2)c(=O)n1. The van der Waals surface area contributed by atoms with Gasteiger partial charge >= 0.3 is 11.8 Å². The third-order valence-corrected chi connectivity index (χ3v) is 7.11. The first kappa shape index (κ1) is 21.2. The summed E-state index contributed by atoms with van der Waals surface area (Å²) in [4.78, 5) is 29.7. The summed E-state index contributed by atoms with van der Waals surface area (Å²) in [6.07, 6.45) is -3.38. The number of carbonyl (C=O) groups is 1. The Morgan fingerprint density at radius 1 is 1.30 bits per heavy atom. The lowest BCUT2D eigenvalue weighted by Gasteiger charge is -2.24. The van der Waals surface area contributed by atoms with Gasteiger partial charge in [0, 0.05) is 16.0 Å². The van der Waals surface area contributed by atoms with E-state index in [2.05, 4.69) is 15.0 Å². The summed E-state index contributed by atoms with van der Waals surface area (Å²) in [7, 11) is 1.19. The normalized spacial score (nSPS) is 25.8. The molecule has 0 unspecified atom stereocenters. The highest BCUT2D eigenvalue weighted by Gasteiger charge is 2.47. The molecule has 4 atom stereocenters. The van der Waals surface area contributed by atoms with E-state index in [9.17, 15) is 19.8 Å². The number of aromatic nitrogens is 2. The Labute approximate surface area is 179 Å². The van der Waals surface area contributed by atoms with Gasteiger partial charge < -0.3 is 24.4 Å². The minimum atomic E-state index is -1.15. The van der Waals surface area contributed by atoms with Crippen LogP contribution in [0.1, 0.15) is 6.23 Å². The van der Waals surface area contributed by atoms with Crippen LogP contribution >= 0.6 is 23.5 Å². The van der Waals surface area contributed by atoms with Crippen LogP contribution in [-0.2, 0) is 14.2 Å². The largest absolute Gasteiger partial charge is 0.453 e. The van der Waals surface area contributed by atoms with E-state index in [0.29, 0.717) is 0 Å². The molecule has 0 radical (unpaired) electrons. The zero-order valence-corrected chi connectivity index (χ0v) is 17.3. The Morgan fingerprint density at radius 2 is 2.00 bits per heavy atom. The molecule has 10 nitrogen and oxygen atoms in total. The van der Waals surface area contributed by atoms with Gasteiger partial charge in [-0.05, 0) is 18.2 Å². The van der Waals surface area contributed by atoms with Gasteiger partial charge in [0.1, 0.15) is 24.1 Å². The molecule has 0 bridgehead atoms. The molecule has 1 fully saturated rings. The van der Waals surface area contributed by atoms with Gasteiger partial charge in [0.05, 0.1) is 13.7 Å². The average Bonchev–Trinajstić information content (AvgIpc) is 3.29. The van der Waals surface area contributed by atoms with Crippen LogP contribution in [0.15, 0.2) is 51.1 Å². The lowest BCUT2D eigenvalue weighted by Crippen LogP contribution is -2.39. The number of aliphatic hydroxyl groups is 2. The summed E-state index contributed by atoms with van der Waals surface area (Å²) in [5, 5.41) is 22.5. The highest BCUT2D eigenvalue weighted by Crippen LogP contribution is 2.49. The van der Waals surface area contributed by atoms with E-state index in [4.69, 9.17) is 9.47 Å². The van der Waals surface area contributed by atoms with Gasteiger partial charge in [0.25, 0.3) is 0 Å². The Balaban J connectivity index is 1.55. The number of ether oxygens (including phenoxy) is 3. The van der Waals surface area contributed by atoms with Crippen molar-refractivity contribution in [3.8, 4) is 0 Å². The molecule has 12 heteroatoms. The number of anilines is 1. The number of carbonyl (C=O) groups excluding carboxylic acids is 1.